The Morgan fingerprint density at radius 2 is 2.25 bits per heavy atom. The van der Waals surface area contributed by atoms with Crippen molar-refractivity contribution in [2.45, 2.75) is 6.42 Å². The molecule has 0 aliphatic carbocycles. The molecule has 0 aliphatic rings. The molecule has 1 rings (SSSR count). The lowest BCUT2D eigenvalue weighted by Crippen LogP contribution is -1.95. The van der Waals surface area contributed by atoms with Crippen molar-refractivity contribution in [3.05, 3.63) is 34.9 Å². The summed E-state index contributed by atoms with van der Waals surface area (Å²) in [5.41, 5.74) is 6.23. The zero-order valence-electron chi connectivity index (χ0n) is 6.68. The second-order valence-electron chi connectivity index (χ2n) is 2.35. The van der Waals surface area contributed by atoms with Gasteiger partial charge in [-0.2, -0.15) is 0 Å². The number of hydrogen-bond donors (Lipinski definition) is 1. The van der Waals surface area contributed by atoms with Gasteiger partial charge < -0.3 is 5.73 Å². The first-order valence-electron chi connectivity index (χ1n) is 3.77. The molecule has 12 heavy (non-hydrogen) atoms. The van der Waals surface area contributed by atoms with Gasteiger partial charge in [0.1, 0.15) is 0 Å². The molecule has 0 spiro atoms. The number of nitrogens with two attached hydrogens (primary N) is 1. The first-order valence-corrected chi connectivity index (χ1v) is 4.15. The average molecular weight is 180 g/mol. The molecule has 1 aromatic rings. The molecule has 0 fully saturated rings. The van der Waals surface area contributed by atoms with Gasteiger partial charge >= 0.3 is 0 Å². The highest BCUT2D eigenvalue weighted by Crippen LogP contribution is 2.09. The van der Waals surface area contributed by atoms with Gasteiger partial charge in [-0.15, -0.1) is 0 Å². The quantitative estimate of drug-likeness (QED) is 0.657. The van der Waals surface area contributed by atoms with E-state index in [4.69, 9.17) is 17.3 Å². The van der Waals surface area contributed by atoms with E-state index >= 15 is 0 Å². The SMILES string of the molecule is NCCC#Cc1cccc(Cl)c1. The molecular formula is C10H10ClN. The molecule has 0 aromatic heterocycles. The van der Waals surface area contributed by atoms with Crippen molar-refractivity contribution >= 4 is 11.6 Å². The van der Waals surface area contributed by atoms with Crippen LogP contribution in [0.15, 0.2) is 24.3 Å². The molecule has 0 atom stereocenters. The molecule has 1 nitrogen and oxygen atoms in total. The van der Waals surface area contributed by atoms with Gasteiger partial charge in [0.25, 0.3) is 0 Å². The first kappa shape index (κ1) is 9.12. The highest BCUT2D eigenvalue weighted by atomic mass is 35.5. The predicted octanol–water partition coefficient (Wildman–Crippen LogP) is 2.04. The lowest BCUT2D eigenvalue weighted by atomic mass is 10.2. The standard InChI is InChI=1S/C10H10ClN/c11-10-6-3-5-9(8-10)4-1-2-7-12/h3,5-6,8H,2,7,12H2. The van der Waals surface area contributed by atoms with E-state index in [1.165, 1.54) is 0 Å². The maximum atomic E-state index is 5.77. The average Bonchev–Trinajstić information content (AvgIpc) is 2.05. The van der Waals surface area contributed by atoms with Crippen LogP contribution in [-0.2, 0) is 0 Å². The van der Waals surface area contributed by atoms with E-state index < -0.39 is 0 Å². The van der Waals surface area contributed by atoms with Crippen molar-refractivity contribution in [2.75, 3.05) is 6.54 Å². The van der Waals surface area contributed by atoms with Crippen molar-refractivity contribution in [3.63, 3.8) is 0 Å². The third-order valence-corrected chi connectivity index (χ3v) is 1.56. The van der Waals surface area contributed by atoms with Crippen molar-refractivity contribution in [1.82, 2.24) is 0 Å². The van der Waals surface area contributed by atoms with Crippen LogP contribution in [0.2, 0.25) is 5.02 Å². The number of halogens is 1. The largest absolute Gasteiger partial charge is 0.330 e. The molecule has 0 amide bonds. The fraction of sp³-hybridized carbons (Fsp3) is 0.200. The summed E-state index contributed by atoms with van der Waals surface area (Å²) < 4.78 is 0. The third kappa shape index (κ3) is 2.96. The minimum Gasteiger partial charge on any atom is -0.330 e. The lowest BCUT2D eigenvalue weighted by molar-refractivity contribution is 1.03. The Labute approximate surface area is 77.5 Å². The normalized spacial score (nSPS) is 8.83. The molecule has 0 saturated carbocycles. The Bertz CT molecular complexity index is 309. The molecule has 0 heterocycles. The summed E-state index contributed by atoms with van der Waals surface area (Å²) in [5.74, 6) is 5.92. The van der Waals surface area contributed by atoms with Crippen LogP contribution in [0.1, 0.15) is 12.0 Å². The number of hydrogen-bond acceptors (Lipinski definition) is 1. The smallest absolute Gasteiger partial charge is 0.0418 e. The Kier molecular flexibility index (Phi) is 3.66. The Hall–Kier alpha value is -0.970. The van der Waals surface area contributed by atoms with Crippen LogP contribution in [0.25, 0.3) is 0 Å². The van der Waals surface area contributed by atoms with Gasteiger partial charge in [0.15, 0.2) is 0 Å². The van der Waals surface area contributed by atoms with Gasteiger partial charge in [0, 0.05) is 23.6 Å². The highest BCUT2D eigenvalue weighted by molar-refractivity contribution is 6.30. The van der Waals surface area contributed by atoms with Gasteiger partial charge in [0.05, 0.1) is 0 Å². The summed E-state index contributed by atoms with van der Waals surface area (Å²) in [4.78, 5) is 0. The first-order chi connectivity index (χ1) is 5.83. The lowest BCUT2D eigenvalue weighted by Gasteiger charge is -1.89. The molecule has 0 unspecified atom stereocenters. The molecule has 2 heteroatoms. The topological polar surface area (TPSA) is 26.0 Å². The van der Waals surface area contributed by atoms with E-state index in [0.29, 0.717) is 6.54 Å². The van der Waals surface area contributed by atoms with Crippen molar-refractivity contribution in [3.8, 4) is 11.8 Å². The Morgan fingerprint density at radius 3 is 2.92 bits per heavy atom. The fourth-order valence-electron chi connectivity index (χ4n) is 0.803. The van der Waals surface area contributed by atoms with Gasteiger partial charge in [0.2, 0.25) is 0 Å². The Morgan fingerprint density at radius 1 is 1.42 bits per heavy atom. The molecule has 0 aliphatic heterocycles. The highest BCUT2D eigenvalue weighted by Gasteiger charge is 1.87. The molecular weight excluding hydrogens is 170 g/mol. The van der Waals surface area contributed by atoms with Crippen molar-refractivity contribution in [1.29, 1.82) is 0 Å². The van der Waals surface area contributed by atoms with E-state index in [2.05, 4.69) is 11.8 Å². The number of rotatable bonds is 1. The summed E-state index contributed by atoms with van der Waals surface area (Å²) in [6.07, 6.45) is 0.729. The van der Waals surface area contributed by atoms with Crippen LogP contribution in [0.5, 0.6) is 0 Å². The summed E-state index contributed by atoms with van der Waals surface area (Å²) in [6, 6.07) is 7.48. The van der Waals surface area contributed by atoms with E-state index in [-0.39, 0.29) is 0 Å². The zero-order valence-corrected chi connectivity index (χ0v) is 7.43. The van der Waals surface area contributed by atoms with Gasteiger partial charge in [-0.05, 0) is 18.2 Å². The summed E-state index contributed by atoms with van der Waals surface area (Å²) >= 11 is 5.77. The van der Waals surface area contributed by atoms with Crippen LogP contribution in [-0.4, -0.2) is 6.54 Å². The molecule has 2 N–H and O–H groups in total. The molecule has 62 valence electrons. The van der Waals surface area contributed by atoms with E-state index in [1.54, 1.807) is 0 Å². The monoisotopic (exact) mass is 179 g/mol. The Balaban J connectivity index is 2.71. The summed E-state index contributed by atoms with van der Waals surface area (Å²) in [6.45, 7) is 0.605. The second-order valence-corrected chi connectivity index (χ2v) is 2.79. The predicted molar refractivity (Wildman–Crippen MR) is 52.0 cm³/mol. The van der Waals surface area contributed by atoms with E-state index in [0.717, 1.165) is 17.0 Å². The van der Waals surface area contributed by atoms with E-state index in [1.807, 2.05) is 24.3 Å². The van der Waals surface area contributed by atoms with E-state index in [9.17, 15) is 0 Å². The van der Waals surface area contributed by atoms with Crippen LogP contribution < -0.4 is 5.73 Å². The van der Waals surface area contributed by atoms with Crippen LogP contribution in [0.4, 0.5) is 0 Å². The number of benzene rings is 1. The fourth-order valence-corrected chi connectivity index (χ4v) is 0.993. The van der Waals surface area contributed by atoms with Gasteiger partial charge in [-0.3, -0.25) is 0 Å². The van der Waals surface area contributed by atoms with Crippen LogP contribution in [0, 0.1) is 11.8 Å². The third-order valence-electron chi connectivity index (χ3n) is 1.33. The maximum absolute atomic E-state index is 5.77. The second kappa shape index (κ2) is 4.82. The minimum absolute atomic E-state index is 0.605. The van der Waals surface area contributed by atoms with Crippen molar-refractivity contribution < 1.29 is 0 Å². The van der Waals surface area contributed by atoms with Gasteiger partial charge in [-0.25, -0.2) is 0 Å². The van der Waals surface area contributed by atoms with Crippen LogP contribution >= 0.6 is 11.6 Å². The minimum atomic E-state index is 0.605. The maximum Gasteiger partial charge on any atom is 0.0418 e. The zero-order chi connectivity index (χ0) is 8.81. The van der Waals surface area contributed by atoms with Crippen LogP contribution in [0.3, 0.4) is 0 Å². The van der Waals surface area contributed by atoms with Crippen molar-refractivity contribution in [2.24, 2.45) is 5.73 Å². The molecule has 0 radical (unpaired) electrons. The molecule has 1 aromatic carbocycles. The summed E-state index contributed by atoms with van der Waals surface area (Å²) in [7, 11) is 0. The van der Waals surface area contributed by atoms with Gasteiger partial charge in [-0.1, -0.05) is 29.5 Å². The summed E-state index contributed by atoms with van der Waals surface area (Å²) in [5, 5.41) is 0.717. The molecule has 0 bridgehead atoms. The molecule has 0 saturated heterocycles.